The van der Waals surface area contributed by atoms with Gasteiger partial charge in [0.2, 0.25) is 0 Å². The summed E-state index contributed by atoms with van der Waals surface area (Å²) >= 11 is 0. The van der Waals surface area contributed by atoms with Gasteiger partial charge in [0, 0.05) is 32.2 Å². The maximum atomic E-state index is 13.4. The van der Waals surface area contributed by atoms with Crippen molar-refractivity contribution >= 4 is 35.8 Å². The third-order valence-corrected chi connectivity index (χ3v) is 2.90. The Hall–Kier alpha value is -1.38. The molecule has 0 radical (unpaired) electrons. The van der Waals surface area contributed by atoms with Gasteiger partial charge in [-0.25, -0.2) is 4.39 Å². The van der Waals surface area contributed by atoms with Crippen molar-refractivity contribution in [1.82, 2.24) is 16.0 Å². The zero-order valence-electron chi connectivity index (χ0n) is 13.2. The van der Waals surface area contributed by atoms with Gasteiger partial charge in [-0.15, -0.1) is 24.0 Å². The summed E-state index contributed by atoms with van der Waals surface area (Å²) < 4.78 is 13.4. The van der Waals surface area contributed by atoms with Crippen LogP contribution in [-0.4, -0.2) is 38.5 Å². The van der Waals surface area contributed by atoms with Gasteiger partial charge in [-0.05, 0) is 31.0 Å². The van der Waals surface area contributed by atoms with E-state index in [9.17, 15) is 9.18 Å². The fraction of sp³-hybridized carbons (Fsp3) is 0.467. The number of hydrogen-bond acceptors (Lipinski definition) is 2. The number of guanidine groups is 1. The SMILES string of the molecule is CCCNC(=NC)NCCNC(=O)c1ccc(C)c(F)c1.I. The predicted octanol–water partition coefficient (Wildman–Crippen LogP) is 2.06. The first-order valence-corrected chi connectivity index (χ1v) is 7.07. The van der Waals surface area contributed by atoms with E-state index in [2.05, 4.69) is 27.9 Å². The van der Waals surface area contributed by atoms with E-state index in [1.54, 1.807) is 26.1 Å². The van der Waals surface area contributed by atoms with E-state index in [4.69, 9.17) is 0 Å². The van der Waals surface area contributed by atoms with E-state index >= 15 is 0 Å². The number of carbonyl (C=O) groups is 1. The van der Waals surface area contributed by atoms with Crippen LogP contribution in [0.1, 0.15) is 29.3 Å². The summed E-state index contributed by atoms with van der Waals surface area (Å²) in [7, 11) is 1.69. The minimum Gasteiger partial charge on any atom is -0.356 e. The fourth-order valence-corrected chi connectivity index (χ4v) is 1.66. The van der Waals surface area contributed by atoms with Gasteiger partial charge in [0.15, 0.2) is 5.96 Å². The standard InChI is InChI=1S/C15H23FN4O.HI/c1-4-7-19-15(17-3)20-9-8-18-14(21)12-6-5-11(2)13(16)10-12;/h5-6,10H,4,7-9H2,1-3H3,(H,18,21)(H2,17,19,20);1H. The van der Waals surface area contributed by atoms with E-state index in [1.807, 2.05) is 0 Å². The molecule has 3 N–H and O–H groups in total. The van der Waals surface area contributed by atoms with Crippen molar-refractivity contribution < 1.29 is 9.18 Å². The highest BCUT2D eigenvalue weighted by Crippen LogP contribution is 2.08. The Kier molecular flexibility index (Phi) is 10.5. The molecule has 124 valence electrons. The monoisotopic (exact) mass is 422 g/mol. The molecule has 0 aromatic heterocycles. The van der Waals surface area contributed by atoms with E-state index in [0.29, 0.717) is 30.2 Å². The Morgan fingerprint density at radius 2 is 1.82 bits per heavy atom. The zero-order chi connectivity index (χ0) is 15.7. The summed E-state index contributed by atoms with van der Waals surface area (Å²) in [5.74, 6) is 0.0460. The molecule has 1 amide bonds. The number of rotatable bonds is 6. The molecular formula is C15H24FIN4O. The van der Waals surface area contributed by atoms with E-state index in [-0.39, 0.29) is 35.7 Å². The Labute approximate surface area is 148 Å². The van der Waals surface area contributed by atoms with Crippen LogP contribution in [0.2, 0.25) is 0 Å². The summed E-state index contributed by atoms with van der Waals surface area (Å²) in [5.41, 5.74) is 0.852. The topological polar surface area (TPSA) is 65.5 Å². The number of hydrogen-bond donors (Lipinski definition) is 3. The normalized spacial score (nSPS) is 10.6. The van der Waals surface area contributed by atoms with Gasteiger partial charge < -0.3 is 16.0 Å². The number of amides is 1. The van der Waals surface area contributed by atoms with Crippen LogP contribution in [-0.2, 0) is 0 Å². The van der Waals surface area contributed by atoms with Crippen LogP contribution in [0.5, 0.6) is 0 Å². The third kappa shape index (κ3) is 7.06. The van der Waals surface area contributed by atoms with Crippen LogP contribution in [0.25, 0.3) is 0 Å². The lowest BCUT2D eigenvalue weighted by atomic mass is 10.1. The maximum absolute atomic E-state index is 13.4. The second-order valence-corrected chi connectivity index (χ2v) is 4.65. The van der Waals surface area contributed by atoms with Crippen LogP contribution >= 0.6 is 24.0 Å². The smallest absolute Gasteiger partial charge is 0.251 e. The minimum absolute atomic E-state index is 0. The lowest BCUT2D eigenvalue weighted by Crippen LogP contribution is -2.41. The molecule has 1 rings (SSSR count). The third-order valence-electron chi connectivity index (χ3n) is 2.90. The fourth-order valence-electron chi connectivity index (χ4n) is 1.66. The molecule has 0 saturated carbocycles. The first-order valence-electron chi connectivity index (χ1n) is 7.07. The Balaban J connectivity index is 0.00000441. The molecule has 5 nitrogen and oxygen atoms in total. The number of nitrogens with zero attached hydrogens (tertiary/aromatic N) is 1. The quantitative estimate of drug-likeness (QED) is 0.285. The molecule has 7 heteroatoms. The lowest BCUT2D eigenvalue weighted by Gasteiger charge is -2.11. The molecule has 0 fully saturated rings. The van der Waals surface area contributed by atoms with Crippen molar-refractivity contribution in [3.05, 3.63) is 35.1 Å². The molecule has 0 aliphatic rings. The molecule has 1 aromatic carbocycles. The number of carbonyl (C=O) groups excluding carboxylic acids is 1. The average molecular weight is 422 g/mol. The van der Waals surface area contributed by atoms with Crippen molar-refractivity contribution in [2.45, 2.75) is 20.3 Å². The van der Waals surface area contributed by atoms with Crippen LogP contribution < -0.4 is 16.0 Å². The van der Waals surface area contributed by atoms with Gasteiger partial charge in [-0.2, -0.15) is 0 Å². The molecule has 22 heavy (non-hydrogen) atoms. The second kappa shape index (κ2) is 11.2. The molecule has 0 aliphatic carbocycles. The highest BCUT2D eigenvalue weighted by Gasteiger charge is 2.07. The average Bonchev–Trinajstić information content (AvgIpc) is 2.49. The number of aliphatic imine (C=N–C) groups is 1. The highest BCUT2D eigenvalue weighted by molar-refractivity contribution is 14.0. The molecule has 0 atom stereocenters. The number of aryl methyl sites for hydroxylation is 1. The predicted molar refractivity (Wildman–Crippen MR) is 98.5 cm³/mol. The minimum atomic E-state index is -0.370. The first kappa shape index (κ1) is 20.6. The summed E-state index contributed by atoms with van der Waals surface area (Å²) in [6, 6.07) is 4.46. The van der Waals surface area contributed by atoms with Crippen LogP contribution in [0.3, 0.4) is 0 Å². The largest absolute Gasteiger partial charge is 0.356 e. The Morgan fingerprint density at radius 3 is 2.41 bits per heavy atom. The molecule has 0 aliphatic heterocycles. The van der Waals surface area contributed by atoms with Crippen molar-refractivity contribution in [1.29, 1.82) is 0 Å². The second-order valence-electron chi connectivity index (χ2n) is 4.65. The van der Waals surface area contributed by atoms with Gasteiger partial charge in [0.1, 0.15) is 5.82 Å². The summed E-state index contributed by atoms with van der Waals surface area (Å²) in [4.78, 5) is 15.9. The summed E-state index contributed by atoms with van der Waals surface area (Å²) in [5, 5.41) is 8.94. The van der Waals surface area contributed by atoms with E-state index in [1.165, 1.54) is 6.07 Å². The van der Waals surface area contributed by atoms with Gasteiger partial charge >= 0.3 is 0 Å². The van der Waals surface area contributed by atoms with Crippen molar-refractivity contribution in [2.24, 2.45) is 4.99 Å². The molecule has 0 saturated heterocycles. The number of benzene rings is 1. The number of nitrogens with one attached hydrogen (secondary N) is 3. The lowest BCUT2D eigenvalue weighted by molar-refractivity contribution is 0.0954. The summed E-state index contributed by atoms with van der Waals surface area (Å²) in [6.45, 7) is 5.55. The molecule has 0 unspecified atom stereocenters. The van der Waals surface area contributed by atoms with Gasteiger partial charge in [-0.1, -0.05) is 13.0 Å². The maximum Gasteiger partial charge on any atom is 0.251 e. The molecule has 0 bridgehead atoms. The molecule has 0 heterocycles. The van der Waals surface area contributed by atoms with Crippen molar-refractivity contribution in [3.63, 3.8) is 0 Å². The van der Waals surface area contributed by atoms with Crippen molar-refractivity contribution in [2.75, 3.05) is 26.7 Å². The van der Waals surface area contributed by atoms with Crippen LogP contribution in [0, 0.1) is 12.7 Å². The Morgan fingerprint density at radius 1 is 1.18 bits per heavy atom. The van der Waals surface area contributed by atoms with E-state index < -0.39 is 0 Å². The van der Waals surface area contributed by atoms with Gasteiger partial charge in [-0.3, -0.25) is 9.79 Å². The molecular weight excluding hydrogens is 398 g/mol. The number of halogens is 2. The first-order chi connectivity index (χ1) is 10.1. The molecule has 0 spiro atoms. The van der Waals surface area contributed by atoms with Crippen LogP contribution in [0.15, 0.2) is 23.2 Å². The van der Waals surface area contributed by atoms with Gasteiger partial charge in [0.25, 0.3) is 5.91 Å². The van der Waals surface area contributed by atoms with E-state index in [0.717, 1.165) is 13.0 Å². The van der Waals surface area contributed by atoms with Crippen molar-refractivity contribution in [3.8, 4) is 0 Å². The van der Waals surface area contributed by atoms with Crippen LogP contribution in [0.4, 0.5) is 4.39 Å². The molecule has 1 aromatic rings. The Bertz CT molecular complexity index is 508. The summed E-state index contributed by atoms with van der Waals surface area (Å²) in [6.07, 6.45) is 1.01. The zero-order valence-corrected chi connectivity index (χ0v) is 15.5. The van der Waals surface area contributed by atoms with Gasteiger partial charge in [0.05, 0.1) is 0 Å². The highest BCUT2D eigenvalue weighted by atomic mass is 127.